The average Bonchev–Trinajstić information content (AvgIpc) is 2.86. The Morgan fingerprint density at radius 1 is 1.33 bits per heavy atom. The van der Waals surface area contributed by atoms with E-state index in [0.717, 1.165) is 23.8 Å². The number of rotatable bonds is 1. The first-order valence-corrected chi connectivity index (χ1v) is 5.50. The first kappa shape index (κ1) is 8.67. The summed E-state index contributed by atoms with van der Waals surface area (Å²) in [5.74, 6) is 0. The number of benzene rings is 1. The van der Waals surface area contributed by atoms with E-state index in [-0.39, 0.29) is 0 Å². The summed E-state index contributed by atoms with van der Waals surface area (Å²) < 4.78 is 3.87. The van der Waals surface area contributed by atoms with Crippen LogP contribution < -0.4 is 10.6 Å². The monoisotopic (exact) mass is 218 g/mol. The topological polar surface area (TPSA) is 55.0 Å². The predicted molar refractivity (Wildman–Crippen MR) is 60.7 cm³/mol. The molecule has 1 aromatic carbocycles. The first-order valence-electron chi connectivity index (χ1n) is 4.73. The number of fused-ring (bicyclic) bond motifs is 1. The molecule has 0 saturated heterocycles. The van der Waals surface area contributed by atoms with E-state index in [9.17, 15) is 0 Å². The third-order valence-electron chi connectivity index (χ3n) is 2.68. The lowest BCUT2D eigenvalue weighted by atomic mass is 10.1. The molecule has 2 heterocycles. The van der Waals surface area contributed by atoms with Gasteiger partial charge in [0.1, 0.15) is 5.00 Å². The molecule has 0 spiro atoms. The number of nitrogens with two attached hydrogens (primary N) is 1. The summed E-state index contributed by atoms with van der Waals surface area (Å²) >= 11 is 1.42. The maximum Gasteiger partial charge on any atom is 0.133 e. The van der Waals surface area contributed by atoms with E-state index in [1.165, 1.54) is 22.7 Å². The first-order chi connectivity index (χ1) is 7.34. The Hall–Kier alpha value is -1.62. The van der Waals surface area contributed by atoms with Gasteiger partial charge in [0, 0.05) is 30.3 Å². The molecule has 1 aromatic heterocycles. The van der Waals surface area contributed by atoms with Crippen molar-refractivity contribution in [2.24, 2.45) is 0 Å². The van der Waals surface area contributed by atoms with Gasteiger partial charge >= 0.3 is 0 Å². The van der Waals surface area contributed by atoms with E-state index in [0.29, 0.717) is 0 Å². The van der Waals surface area contributed by atoms with Crippen LogP contribution in [0, 0.1) is 0 Å². The van der Waals surface area contributed by atoms with Crippen LogP contribution in [0.25, 0.3) is 0 Å². The van der Waals surface area contributed by atoms with Gasteiger partial charge in [-0.25, -0.2) is 0 Å². The lowest BCUT2D eigenvalue weighted by molar-refractivity contribution is 0.890. The highest BCUT2D eigenvalue weighted by Gasteiger charge is 2.21. The molecule has 5 heteroatoms. The van der Waals surface area contributed by atoms with Crippen LogP contribution in [0.3, 0.4) is 0 Å². The zero-order valence-electron chi connectivity index (χ0n) is 8.05. The number of hydrogen-bond donors (Lipinski definition) is 1. The summed E-state index contributed by atoms with van der Waals surface area (Å²) in [4.78, 5) is 2.24. The van der Waals surface area contributed by atoms with Crippen LogP contribution in [0.2, 0.25) is 0 Å². The van der Waals surface area contributed by atoms with Crippen LogP contribution in [0.5, 0.6) is 0 Å². The summed E-state index contributed by atoms with van der Waals surface area (Å²) in [5.41, 5.74) is 9.37. The minimum atomic E-state index is 0.867. The van der Waals surface area contributed by atoms with Gasteiger partial charge in [-0.15, -0.1) is 5.10 Å². The molecule has 0 saturated carbocycles. The fourth-order valence-electron chi connectivity index (χ4n) is 1.91. The molecule has 0 aliphatic carbocycles. The molecule has 2 aromatic rings. The van der Waals surface area contributed by atoms with Crippen molar-refractivity contribution in [3.63, 3.8) is 0 Å². The maximum atomic E-state index is 5.93. The Labute approximate surface area is 91.5 Å². The van der Waals surface area contributed by atoms with E-state index in [1.807, 2.05) is 12.1 Å². The summed E-state index contributed by atoms with van der Waals surface area (Å²) in [5, 5.41) is 4.95. The van der Waals surface area contributed by atoms with Gasteiger partial charge in [0.05, 0.1) is 6.20 Å². The fraction of sp³-hybridized carbons (Fsp3) is 0.200. The summed E-state index contributed by atoms with van der Waals surface area (Å²) in [6.07, 6.45) is 1.80. The van der Waals surface area contributed by atoms with Crippen molar-refractivity contribution < 1.29 is 0 Å². The molecule has 1 aliphatic heterocycles. The molecule has 15 heavy (non-hydrogen) atoms. The molecular formula is C10H10N4S. The van der Waals surface area contributed by atoms with E-state index < -0.39 is 0 Å². The number of nitrogen functional groups attached to an aromatic ring is 1. The summed E-state index contributed by atoms with van der Waals surface area (Å²) in [6, 6.07) is 6.08. The Bertz CT molecular complexity index is 480. The van der Waals surface area contributed by atoms with Gasteiger partial charge in [-0.05, 0) is 17.2 Å². The van der Waals surface area contributed by atoms with Crippen molar-refractivity contribution in [3.8, 4) is 0 Å². The van der Waals surface area contributed by atoms with Gasteiger partial charge < -0.3 is 10.6 Å². The molecule has 0 amide bonds. The van der Waals surface area contributed by atoms with Crippen LogP contribution in [-0.2, 0) is 13.1 Å². The Kier molecular flexibility index (Phi) is 1.85. The molecule has 0 radical (unpaired) electrons. The highest BCUT2D eigenvalue weighted by Crippen LogP contribution is 2.32. The van der Waals surface area contributed by atoms with E-state index >= 15 is 0 Å². The molecule has 0 fully saturated rings. The highest BCUT2D eigenvalue weighted by molar-refractivity contribution is 7.09. The van der Waals surface area contributed by atoms with Crippen LogP contribution in [0.4, 0.5) is 10.7 Å². The standard InChI is InChI=1S/C10H10N4S/c11-9-3-1-2-7-5-14(6-8(7)9)10-4-12-13-15-10/h1-4H,5-6,11H2. The Balaban J connectivity index is 1.96. The molecule has 0 atom stereocenters. The van der Waals surface area contributed by atoms with Gasteiger partial charge in [0.15, 0.2) is 0 Å². The van der Waals surface area contributed by atoms with Gasteiger partial charge in [0.25, 0.3) is 0 Å². The van der Waals surface area contributed by atoms with Crippen molar-refractivity contribution in [1.82, 2.24) is 9.59 Å². The molecule has 0 unspecified atom stereocenters. The molecule has 76 valence electrons. The fourth-order valence-corrected chi connectivity index (χ4v) is 2.42. The smallest absolute Gasteiger partial charge is 0.133 e. The van der Waals surface area contributed by atoms with Crippen LogP contribution >= 0.6 is 11.5 Å². The Morgan fingerprint density at radius 3 is 3.00 bits per heavy atom. The van der Waals surface area contributed by atoms with E-state index in [1.54, 1.807) is 6.20 Å². The maximum absolute atomic E-state index is 5.93. The SMILES string of the molecule is Nc1cccc2c1CN(c1cnns1)C2. The van der Waals surface area contributed by atoms with Gasteiger partial charge in [0.2, 0.25) is 0 Å². The number of aromatic nitrogens is 2. The number of hydrogen-bond acceptors (Lipinski definition) is 5. The van der Waals surface area contributed by atoms with E-state index in [4.69, 9.17) is 5.73 Å². The van der Waals surface area contributed by atoms with Gasteiger partial charge in [-0.1, -0.05) is 16.6 Å². The van der Waals surface area contributed by atoms with Crippen molar-refractivity contribution in [3.05, 3.63) is 35.5 Å². The minimum Gasteiger partial charge on any atom is -0.398 e. The lowest BCUT2D eigenvalue weighted by Crippen LogP contribution is -2.12. The lowest BCUT2D eigenvalue weighted by Gasteiger charge is -2.12. The van der Waals surface area contributed by atoms with Crippen LogP contribution in [0.15, 0.2) is 24.4 Å². The zero-order chi connectivity index (χ0) is 10.3. The largest absolute Gasteiger partial charge is 0.398 e. The van der Waals surface area contributed by atoms with Crippen molar-refractivity contribution in [2.45, 2.75) is 13.1 Å². The number of anilines is 2. The average molecular weight is 218 g/mol. The second-order valence-corrected chi connectivity index (χ2v) is 4.36. The predicted octanol–water partition coefficient (Wildman–Crippen LogP) is 1.64. The molecule has 0 bridgehead atoms. The van der Waals surface area contributed by atoms with Gasteiger partial charge in [-0.3, -0.25) is 0 Å². The highest BCUT2D eigenvalue weighted by atomic mass is 32.1. The van der Waals surface area contributed by atoms with Crippen molar-refractivity contribution >= 4 is 22.2 Å². The third-order valence-corrected chi connectivity index (χ3v) is 3.41. The summed E-state index contributed by atoms with van der Waals surface area (Å²) in [7, 11) is 0. The minimum absolute atomic E-state index is 0.867. The van der Waals surface area contributed by atoms with Crippen LogP contribution in [0.1, 0.15) is 11.1 Å². The second kappa shape index (κ2) is 3.20. The number of nitrogens with zero attached hydrogens (tertiary/aromatic N) is 3. The van der Waals surface area contributed by atoms with Gasteiger partial charge in [-0.2, -0.15) is 0 Å². The Morgan fingerprint density at radius 2 is 2.27 bits per heavy atom. The van der Waals surface area contributed by atoms with Crippen LogP contribution in [-0.4, -0.2) is 9.59 Å². The molecule has 1 aliphatic rings. The normalized spacial score (nSPS) is 14.3. The second-order valence-electron chi connectivity index (χ2n) is 3.60. The molecule has 4 nitrogen and oxygen atoms in total. The van der Waals surface area contributed by atoms with Crippen molar-refractivity contribution in [1.29, 1.82) is 0 Å². The van der Waals surface area contributed by atoms with Crippen molar-refractivity contribution in [2.75, 3.05) is 10.6 Å². The quantitative estimate of drug-likeness (QED) is 0.739. The summed E-state index contributed by atoms with van der Waals surface area (Å²) in [6.45, 7) is 1.77. The third kappa shape index (κ3) is 1.35. The molecule has 3 rings (SSSR count). The zero-order valence-corrected chi connectivity index (χ0v) is 8.87. The van der Waals surface area contributed by atoms with E-state index in [2.05, 4.69) is 20.6 Å². The molecule has 2 N–H and O–H groups in total. The molecular weight excluding hydrogens is 208 g/mol.